The molecule has 14 heavy (non-hydrogen) atoms. The average molecular weight is 211 g/mol. The molecule has 0 aromatic carbocycles. The van der Waals surface area contributed by atoms with Crippen LogP contribution in [0.25, 0.3) is 0 Å². The van der Waals surface area contributed by atoms with E-state index in [0.717, 1.165) is 12.8 Å². The first-order chi connectivity index (χ1) is 6.72. The van der Waals surface area contributed by atoms with E-state index >= 15 is 0 Å². The van der Waals surface area contributed by atoms with Crippen molar-refractivity contribution in [1.29, 1.82) is 0 Å². The van der Waals surface area contributed by atoms with Gasteiger partial charge < -0.3 is 5.32 Å². The molecule has 1 heterocycles. The first kappa shape index (κ1) is 11.2. The maximum Gasteiger partial charge on any atom is 0.220 e. The lowest BCUT2D eigenvalue weighted by Gasteiger charge is -2.12. The highest BCUT2D eigenvalue weighted by molar-refractivity contribution is 7.07. The first-order valence-corrected chi connectivity index (χ1v) is 5.97. The van der Waals surface area contributed by atoms with Gasteiger partial charge in [-0.25, -0.2) is 0 Å². The van der Waals surface area contributed by atoms with Crippen molar-refractivity contribution in [2.45, 2.75) is 39.2 Å². The van der Waals surface area contributed by atoms with Gasteiger partial charge in [0.2, 0.25) is 5.91 Å². The summed E-state index contributed by atoms with van der Waals surface area (Å²) in [6.07, 6.45) is 2.48. The van der Waals surface area contributed by atoms with E-state index < -0.39 is 0 Å². The SMILES string of the molecule is CCCC(=O)NC(C)Cc1ccsc1. The molecule has 1 rings (SSSR count). The van der Waals surface area contributed by atoms with Gasteiger partial charge >= 0.3 is 0 Å². The Morgan fingerprint density at radius 2 is 2.43 bits per heavy atom. The number of carbonyl (C=O) groups is 1. The van der Waals surface area contributed by atoms with Crippen LogP contribution in [0.2, 0.25) is 0 Å². The van der Waals surface area contributed by atoms with Crippen molar-refractivity contribution in [3.8, 4) is 0 Å². The first-order valence-electron chi connectivity index (χ1n) is 5.02. The van der Waals surface area contributed by atoms with E-state index in [1.807, 2.05) is 13.8 Å². The molecule has 1 aromatic heterocycles. The molecule has 0 saturated heterocycles. The van der Waals surface area contributed by atoms with Gasteiger partial charge in [0.25, 0.3) is 0 Å². The maximum atomic E-state index is 11.3. The van der Waals surface area contributed by atoms with Crippen molar-refractivity contribution in [2.75, 3.05) is 0 Å². The van der Waals surface area contributed by atoms with Crippen LogP contribution in [0.1, 0.15) is 32.3 Å². The molecule has 1 aromatic rings. The van der Waals surface area contributed by atoms with Crippen LogP contribution in [0.3, 0.4) is 0 Å². The minimum Gasteiger partial charge on any atom is -0.353 e. The van der Waals surface area contributed by atoms with E-state index in [2.05, 4.69) is 22.1 Å². The lowest BCUT2D eigenvalue weighted by atomic mass is 10.1. The summed E-state index contributed by atoms with van der Waals surface area (Å²) >= 11 is 1.70. The van der Waals surface area contributed by atoms with Crippen LogP contribution in [0, 0.1) is 0 Å². The fraction of sp³-hybridized carbons (Fsp3) is 0.545. The summed E-state index contributed by atoms with van der Waals surface area (Å²) in [6, 6.07) is 2.34. The Morgan fingerprint density at radius 3 is 3.00 bits per heavy atom. The van der Waals surface area contributed by atoms with Crippen molar-refractivity contribution < 1.29 is 4.79 Å². The van der Waals surface area contributed by atoms with Gasteiger partial charge in [0.05, 0.1) is 0 Å². The van der Waals surface area contributed by atoms with E-state index in [4.69, 9.17) is 0 Å². The highest BCUT2D eigenvalue weighted by atomic mass is 32.1. The Kier molecular flexibility index (Phi) is 4.66. The van der Waals surface area contributed by atoms with Crippen molar-refractivity contribution in [2.24, 2.45) is 0 Å². The lowest BCUT2D eigenvalue weighted by molar-refractivity contribution is -0.121. The van der Waals surface area contributed by atoms with Crippen LogP contribution < -0.4 is 5.32 Å². The number of carbonyl (C=O) groups excluding carboxylic acids is 1. The normalized spacial score (nSPS) is 12.4. The smallest absolute Gasteiger partial charge is 0.220 e. The summed E-state index contributed by atoms with van der Waals surface area (Å²) in [4.78, 5) is 11.3. The predicted octanol–water partition coefficient (Wildman–Crippen LogP) is 2.60. The van der Waals surface area contributed by atoms with Gasteiger partial charge in [-0.05, 0) is 42.2 Å². The molecular formula is C11H17NOS. The maximum absolute atomic E-state index is 11.3. The molecule has 2 nitrogen and oxygen atoms in total. The van der Waals surface area contributed by atoms with Crippen molar-refractivity contribution in [3.05, 3.63) is 22.4 Å². The topological polar surface area (TPSA) is 29.1 Å². The van der Waals surface area contributed by atoms with Crippen LogP contribution in [0.4, 0.5) is 0 Å². The lowest BCUT2D eigenvalue weighted by Crippen LogP contribution is -2.33. The molecule has 0 aliphatic heterocycles. The molecule has 1 unspecified atom stereocenters. The summed E-state index contributed by atoms with van der Waals surface area (Å²) < 4.78 is 0. The van der Waals surface area contributed by atoms with E-state index in [1.54, 1.807) is 11.3 Å². The van der Waals surface area contributed by atoms with Crippen molar-refractivity contribution >= 4 is 17.2 Å². The summed E-state index contributed by atoms with van der Waals surface area (Å²) in [5.74, 6) is 0.162. The van der Waals surface area contributed by atoms with E-state index in [-0.39, 0.29) is 11.9 Å². The monoisotopic (exact) mass is 211 g/mol. The third-order valence-corrected chi connectivity index (χ3v) is 2.74. The van der Waals surface area contributed by atoms with Crippen LogP contribution in [0.5, 0.6) is 0 Å². The third kappa shape index (κ3) is 3.92. The van der Waals surface area contributed by atoms with Crippen molar-refractivity contribution in [1.82, 2.24) is 5.32 Å². The molecule has 0 fully saturated rings. The second-order valence-corrected chi connectivity index (χ2v) is 4.33. The molecule has 3 heteroatoms. The Labute approximate surface area is 89.3 Å². The van der Waals surface area contributed by atoms with Gasteiger partial charge in [-0.2, -0.15) is 11.3 Å². The molecule has 0 spiro atoms. The standard InChI is InChI=1S/C11H17NOS/c1-3-4-11(13)12-9(2)7-10-5-6-14-8-10/h5-6,8-9H,3-4,7H2,1-2H3,(H,12,13). The molecule has 0 saturated carbocycles. The number of hydrogen-bond acceptors (Lipinski definition) is 2. The second kappa shape index (κ2) is 5.81. The number of hydrogen-bond donors (Lipinski definition) is 1. The second-order valence-electron chi connectivity index (χ2n) is 3.55. The Balaban J connectivity index is 2.29. The zero-order chi connectivity index (χ0) is 10.4. The summed E-state index contributed by atoms with van der Waals surface area (Å²) in [6.45, 7) is 4.06. The minimum atomic E-state index is 0.162. The zero-order valence-corrected chi connectivity index (χ0v) is 9.56. The van der Waals surface area contributed by atoms with Crippen LogP contribution in [-0.2, 0) is 11.2 Å². The van der Waals surface area contributed by atoms with Gasteiger partial charge in [0, 0.05) is 12.5 Å². The Bertz CT molecular complexity index is 269. The molecule has 0 bridgehead atoms. The highest BCUT2D eigenvalue weighted by Gasteiger charge is 2.06. The van der Waals surface area contributed by atoms with Crippen molar-refractivity contribution in [3.63, 3.8) is 0 Å². The summed E-state index contributed by atoms with van der Waals surface area (Å²) in [5, 5.41) is 7.18. The minimum absolute atomic E-state index is 0.162. The van der Waals surface area contributed by atoms with Gasteiger partial charge in [-0.1, -0.05) is 6.92 Å². The van der Waals surface area contributed by atoms with Crippen LogP contribution in [-0.4, -0.2) is 11.9 Å². The van der Waals surface area contributed by atoms with Crippen LogP contribution in [0.15, 0.2) is 16.8 Å². The van der Waals surface area contributed by atoms with E-state index in [0.29, 0.717) is 6.42 Å². The third-order valence-electron chi connectivity index (χ3n) is 2.01. The van der Waals surface area contributed by atoms with Gasteiger partial charge in [-0.15, -0.1) is 0 Å². The number of nitrogens with one attached hydrogen (secondary N) is 1. The summed E-state index contributed by atoms with van der Waals surface area (Å²) in [7, 11) is 0. The molecule has 1 atom stereocenters. The molecule has 1 N–H and O–H groups in total. The number of thiophene rings is 1. The van der Waals surface area contributed by atoms with Gasteiger partial charge in [0.15, 0.2) is 0 Å². The fourth-order valence-electron chi connectivity index (χ4n) is 1.39. The molecule has 1 amide bonds. The molecule has 0 aliphatic rings. The predicted molar refractivity (Wildman–Crippen MR) is 60.5 cm³/mol. The van der Waals surface area contributed by atoms with Gasteiger partial charge in [0.1, 0.15) is 0 Å². The summed E-state index contributed by atoms with van der Waals surface area (Å²) in [5.41, 5.74) is 1.30. The van der Waals surface area contributed by atoms with E-state index in [9.17, 15) is 4.79 Å². The quantitative estimate of drug-likeness (QED) is 0.797. The molecular weight excluding hydrogens is 194 g/mol. The van der Waals surface area contributed by atoms with Gasteiger partial charge in [-0.3, -0.25) is 4.79 Å². The Morgan fingerprint density at radius 1 is 1.64 bits per heavy atom. The largest absolute Gasteiger partial charge is 0.353 e. The van der Waals surface area contributed by atoms with Crippen LogP contribution >= 0.6 is 11.3 Å². The fourth-order valence-corrected chi connectivity index (χ4v) is 2.07. The average Bonchev–Trinajstić information content (AvgIpc) is 2.56. The van der Waals surface area contributed by atoms with E-state index in [1.165, 1.54) is 5.56 Å². The Hall–Kier alpha value is -0.830. The molecule has 0 aliphatic carbocycles. The number of amides is 1. The zero-order valence-electron chi connectivity index (χ0n) is 8.75. The molecule has 0 radical (unpaired) electrons. The number of rotatable bonds is 5. The highest BCUT2D eigenvalue weighted by Crippen LogP contribution is 2.08. The molecule has 78 valence electrons.